The van der Waals surface area contributed by atoms with E-state index in [1.807, 2.05) is 30.5 Å². The second-order valence-corrected chi connectivity index (χ2v) is 9.13. The van der Waals surface area contributed by atoms with E-state index in [-0.39, 0.29) is 0 Å². The number of rotatable bonds is 4. The molecule has 7 aromatic rings. The Balaban J connectivity index is 1.61. The average molecular weight is 474 g/mol. The maximum absolute atomic E-state index is 5.26. The quantitative estimate of drug-likeness (QED) is 0.256. The lowest BCUT2D eigenvalue weighted by atomic mass is 9.94. The first-order chi connectivity index (χ1) is 18.4. The normalized spacial score (nSPS) is 11.2. The first-order valence-electron chi connectivity index (χ1n) is 12.4. The summed E-state index contributed by atoms with van der Waals surface area (Å²) in [6.07, 6.45) is 1.84. The second kappa shape index (κ2) is 8.89. The number of pyridine rings is 2. The molecule has 0 N–H and O–H groups in total. The summed E-state index contributed by atoms with van der Waals surface area (Å²) in [5, 5.41) is 7.59. The number of fused-ring (bicyclic) bond motifs is 3. The lowest BCUT2D eigenvalue weighted by Gasteiger charge is -2.11. The molecule has 0 radical (unpaired) electrons. The monoisotopic (exact) mass is 473 g/mol. The van der Waals surface area contributed by atoms with Gasteiger partial charge < -0.3 is 0 Å². The third kappa shape index (κ3) is 3.69. The van der Waals surface area contributed by atoms with Crippen molar-refractivity contribution < 1.29 is 0 Å². The molecule has 0 bridgehead atoms. The molecule has 0 aliphatic rings. The van der Waals surface area contributed by atoms with Gasteiger partial charge in [0.15, 0.2) is 0 Å². The zero-order chi connectivity index (χ0) is 24.6. The zero-order valence-electron chi connectivity index (χ0n) is 20.1. The van der Waals surface area contributed by atoms with Gasteiger partial charge in [-0.05, 0) is 46.3 Å². The van der Waals surface area contributed by atoms with Crippen LogP contribution in [0.4, 0.5) is 0 Å². The minimum Gasteiger partial charge on any atom is -0.255 e. The van der Waals surface area contributed by atoms with Crippen LogP contribution < -0.4 is 0 Å². The molecule has 37 heavy (non-hydrogen) atoms. The Labute approximate surface area is 215 Å². The molecular weight excluding hydrogens is 450 g/mol. The van der Waals surface area contributed by atoms with Crippen molar-refractivity contribution in [2.45, 2.75) is 0 Å². The van der Waals surface area contributed by atoms with Gasteiger partial charge in [0.2, 0.25) is 0 Å². The van der Waals surface area contributed by atoms with Crippen LogP contribution in [0.2, 0.25) is 0 Å². The zero-order valence-corrected chi connectivity index (χ0v) is 20.1. The van der Waals surface area contributed by atoms with Crippen molar-refractivity contribution in [1.82, 2.24) is 14.6 Å². The molecule has 0 saturated heterocycles. The highest BCUT2D eigenvalue weighted by molar-refractivity contribution is 6.08. The van der Waals surface area contributed by atoms with Gasteiger partial charge in [-0.15, -0.1) is 0 Å². The van der Waals surface area contributed by atoms with E-state index in [9.17, 15) is 0 Å². The molecule has 0 spiro atoms. The van der Waals surface area contributed by atoms with E-state index < -0.39 is 0 Å². The molecule has 3 heteroatoms. The van der Waals surface area contributed by atoms with Crippen LogP contribution in [-0.2, 0) is 0 Å². The molecule has 3 aromatic heterocycles. The van der Waals surface area contributed by atoms with E-state index in [4.69, 9.17) is 5.10 Å². The Morgan fingerprint density at radius 2 is 1.19 bits per heavy atom. The van der Waals surface area contributed by atoms with Gasteiger partial charge in [0, 0.05) is 22.7 Å². The first kappa shape index (κ1) is 21.3. The Morgan fingerprint density at radius 3 is 1.97 bits per heavy atom. The predicted octanol–water partition coefficient (Wildman–Crippen LogP) is 8.55. The van der Waals surface area contributed by atoms with Crippen LogP contribution in [-0.4, -0.2) is 14.6 Å². The summed E-state index contributed by atoms with van der Waals surface area (Å²) in [6, 6.07) is 46.5. The highest BCUT2D eigenvalue weighted by Crippen LogP contribution is 2.41. The molecule has 3 heterocycles. The highest BCUT2D eigenvalue weighted by Gasteiger charge is 2.21. The number of hydrogen-bond acceptors (Lipinski definition) is 2. The molecule has 0 aliphatic heterocycles. The van der Waals surface area contributed by atoms with Crippen molar-refractivity contribution in [3.63, 3.8) is 0 Å². The molecule has 0 saturated carbocycles. The SMILES string of the molecule is c1ccc(-c2cccc(-c3c(-c4ccccc4)nn4c(-c5ccccn5)cc5ccccc5c34)c2)cc1. The Kier molecular flexibility index (Phi) is 5.11. The summed E-state index contributed by atoms with van der Waals surface area (Å²) in [5.41, 5.74) is 9.63. The lowest BCUT2D eigenvalue weighted by molar-refractivity contribution is 0.972. The van der Waals surface area contributed by atoms with E-state index in [1.54, 1.807) is 0 Å². The standard InChI is InChI=1S/C34H23N3/c1-3-12-24(13-4-1)26-17-11-18-28(22-26)32-33(25-14-5-2-6-15-25)36-37-31(30-20-9-10-21-35-30)23-27-16-7-8-19-29(27)34(32)37/h1-23H. The molecule has 3 nitrogen and oxygen atoms in total. The lowest BCUT2D eigenvalue weighted by Crippen LogP contribution is -1.97. The third-order valence-corrected chi connectivity index (χ3v) is 6.85. The number of benzene rings is 4. The summed E-state index contributed by atoms with van der Waals surface area (Å²) in [6.45, 7) is 0. The van der Waals surface area contributed by atoms with Gasteiger partial charge in [0.05, 0.1) is 16.9 Å². The maximum atomic E-state index is 5.26. The molecule has 0 fully saturated rings. The van der Waals surface area contributed by atoms with E-state index in [0.717, 1.165) is 50.1 Å². The Bertz CT molecular complexity index is 1850. The average Bonchev–Trinajstić information content (AvgIpc) is 3.39. The van der Waals surface area contributed by atoms with Gasteiger partial charge in [0.25, 0.3) is 0 Å². The van der Waals surface area contributed by atoms with Gasteiger partial charge in [0.1, 0.15) is 5.69 Å². The van der Waals surface area contributed by atoms with Crippen LogP contribution in [0.5, 0.6) is 0 Å². The second-order valence-electron chi connectivity index (χ2n) is 9.13. The minimum absolute atomic E-state index is 0.893. The Hall–Kier alpha value is -5.02. The van der Waals surface area contributed by atoms with Crippen molar-refractivity contribution in [1.29, 1.82) is 0 Å². The Morgan fingerprint density at radius 1 is 0.514 bits per heavy atom. The minimum atomic E-state index is 0.893. The fourth-order valence-electron chi connectivity index (χ4n) is 5.14. The number of aromatic nitrogens is 3. The van der Waals surface area contributed by atoms with Crippen molar-refractivity contribution in [3.8, 4) is 44.9 Å². The smallest absolute Gasteiger partial charge is 0.101 e. The third-order valence-electron chi connectivity index (χ3n) is 6.85. The van der Waals surface area contributed by atoms with Gasteiger partial charge in [-0.2, -0.15) is 5.10 Å². The molecule has 0 amide bonds. The van der Waals surface area contributed by atoms with Crippen LogP contribution in [0.3, 0.4) is 0 Å². The van der Waals surface area contributed by atoms with Crippen LogP contribution in [0.1, 0.15) is 0 Å². The molecule has 0 aliphatic carbocycles. The molecule has 0 unspecified atom stereocenters. The molecule has 174 valence electrons. The molecule has 0 atom stereocenters. The number of nitrogens with zero attached hydrogens (tertiary/aromatic N) is 3. The fourth-order valence-corrected chi connectivity index (χ4v) is 5.14. The summed E-state index contributed by atoms with van der Waals surface area (Å²) < 4.78 is 2.08. The molecule has 4 aromatic carbocycles. The summed E-state index contributed by atoms with van der Waals surface area (Å²) in [5.74, 6) is 0. The summed E-state index contributed by atoms with van der Waals surface area (Å²) in [4.78, 5) is 4.68. The molecular formula is C34H23N3. The van der Waals surface area contributed by atoms with Gasteiger partial charge in [-0.3, -0.25) is 4.98 Å². The summed E-state index contributed by atoms with van der Waals surface area (Å²) >= 11 is 0. The number of hydrogen-bond donors (Lipinski definition) is 0. The topological polar surface area (TPSA) is 30.2 Å². The van der Waals surface area contributed by atoms with Crippen molar-refractivity contribution >= 4 is 16.3 Å². The fraction of sp³-hybridized carbons (Fsp3) is 0. The highest BCUT2D eigenvalue weighted by atomic mass is 15.2. The van der Waals surface area contributed by atoms with E-state index in [2.05, 4.69) is 119 Å². The van der Waals surface area contributed by atoms with Crippen molar-refractivity contribution in [2.75, 3.05) is 0 Å². The van der Waals surface area contributed by atoms with Crippen molar-refractivity contribution in [2.24, 2.45) is 0 Å². The van der Waals surface area contributed by atoms with Gasteiger partial charge in [-0.1, -0.05) is 109 Å². The van der Waals surface area contributed by atoms with Crippen LogP contribution in [0.15, 0.2) is 140 Å². The van der Waals surface area contributed by atoms with Crippen LogP contribution >= 0.6 is 0 Å². The first-order valence-corrected chi connectivity index (χ1v) is 12.4. The summed E-state index contributed by atoms with van der Waals surface area (Å²) in [7, 11) is 0. The van der Waals surface area contributed by atoms with E-state index in [0.29, 0.717) is 0 Å². The van der Waals surface area contributed by atoms with Gasteiger partial charge >= 0.3 is 0 Å². The molecule has 7 rings (SSSR count). The predicted molar refractivity (Wildman–Crippen MR) is 152 cm³/mol. The van der Waals surface area contributed by atoms with Crippen LogP contribution in [0, 0.1) is 0 Å². The van der Waals surface area contributed by atoms with E-state index in [1.165, 1.54) is 11.1 Å². The maximum Gasteiger partial charge on any atom is 0.101 e. The largest absolute Gasteiger partial charge is 0.255 e. The van der Waals surface area contributed by atoms with Crippen molar-refractivity contribution in [3.05, 3.63) is 140 Å². The van der Waals surface area contributed by atoms with E-state index >= 15 is 0 Å². The van der Waals surface area contributed by atoms with Crippen LogP contribution in [0.25, 0.3) is 61.2 Å². The van der Waals surface area contributed by atoms with Gasteiger partial charge in [-0.25, -0.2) is 4.52 Å².